The van der Waals surface area contributed by atoms with Gasteiger partial charge in [-0.2, -0.15) is 0 Å². The van der Waals surface area contributed by atoms with Gasteiger partial charge in [0.2, 0.25) is 0 Å². The lowest BCUT2D eigenvalue weighted by Crippen LogP contribution is -2.22. The SMILES string of the molecule is CC(Cl)CCN(C)c1ccccc1S(C)(=O)=O. The van der Waals surface area contributed by atoms with E-state index in [1.54, 1.807) is 12.1 Å². The highest BCUT2D eigenvalue weighted by atomic mass is 35.5. The van der Waals surface area contributed by atoms with Gasteiger partial charge in [0, 0.05) is 25.2 Å². The van der Waals surface area contributed by atoms with Gasteiger partial charge in [-0.25, -0.2) is 8.42 Å². The fourth-order valence-electron chi connectivity index (χ4n) is 1.58. The highest BCUT2D eigenvalue weighted by molar-refractivity contribution is 7.90. The van der Waals surface area contributed by atoms with Crippen LogP contribution in [0.15, 0.2) is 29.2 Å². The van der Waals surface area contributed by atoms with Crippen LogP contribution in [-0.2, 0) is 9.84 Å². The van der Waals surface area contributed by atoms with Gasteiger partial charge in [-0.3, -0.25) is 0 Å². The first-order valence-corrected chi connectivity index (χ1v) is 7.79. The molecule has 1 atom stereocenters. The Hall–Kier alpha value is -0.740. The summed E-state index contributed by atoms with van der Waals surface area (Å²) in [4.78, 5) is 2.29. The van der Waals surface area contributed by atoms with Gasteiger partial charge in [-0.15, -0.1) is 11.6 Å². The summed E-state index contributed by atoms with van der Waals surface area (Å²) in [5.41, 5.74) is 0.729. The predicted molar refractivity (Wildman–Crippen MR) is 72.8 cm³/mol. The molecule has 96 valence electrons. The van der Waals surface area contributed by atoms with Gasteiger partial charge in [0.05, 0.1) is 10.6 Å². The van der Waals surface area contributed by atoms with E-state index in [2.05, 4.69) is 0 Å². The third-order valence-electron chi connectivity index (χ3n) is 2.54. The molecule has 0 N–H and O–H groups in total. The standard InChI is InChI=1S/C12H18ClNO2S/c1-10(13)8-9-14(2)11-6-4-5-7-12(11)17(3,15)16/h4-7,10H,8-9H2,1-3H3. The Balaban J connectivity index is 2.98. The normalized spacial score (nSPS) is 13.4. The number of anilines is 1. The van der Waals surface area contributed by atoms with E-state index in [0.717, 1.165) is 18.7 Å². The minimum absolute atomic E-state index is 0.0860. The van der Waals surface area contributed by atoms with Crippen LogP contribution >= 0.6 is 11.6 Å². The first kappa shape index (κ1) is 14.3. The molecule has 0 bridgehead atoms. The second kappa shape index (κ2) is 5.74. The number of alkyl halides is 1. The molecule has 0 saturated carbocycles. The topological polar surface area (TPSA) is 37.4 Å². The predicted octanol–water partition coefficient (Wildman–Crippen LogP) is 2.54. The molecule has 17 heavy (non-hydrogen) atoms. The van der Waals surface area contributed by atoms with E-state index >= 15 is 0 Å². The lowest BCUT2D eigenvalue weighted by molar-refractivity contribution is 0.601. The average Bonchev–Trinajstić information content (AvgIpc) is 2.24. The molecule has 0 radical (unpaired) electrons. The van der Waals surface area contributed by atoms with E-state index in [1.807, 2.05) is 31.0 Å². The van der Waals surface area contributed by atoms with Crippen molar-refractivity contribution < 1.29 is 8.42 Å². The molecular weight excluding hydrogens is 258 g/mol. The van der Waals surface area contributed by atoms with Crippen LogP contribution in [0.3, 0.4) is 0 Å². The van der Waals surface area contributed by atoms with Gasteiger partial charge < -0.3 is 4.90 Å². The summed E-state index contributed by atoms with van der Waals surface area (Å²) in [5, 5.41) is 0.0860. The molecule has 1 aromatic carbocycles. The summed E-state index contributed by atoms with van der Waals surface area (Å²) >= 11 is 5.89. The van der Waals surface area contributed by atoms with Crippen molar-refractivity contribution >= 4 is 27.1 Å². The zero-order chi connectivity index (χ0) is 13.1. The lowest BCUT2D eigenvalue weighted by Gasteiger charge is -2.22. The van der Waals surface area contributed by atoms with Crippen LogP contribution in [0.25, 0.3) is 0 Å². The van der Waals surface area contributed by atoms with Crippen LogP contribution in [0.1, 0.15) is 13.3 Å². The van der Waals surface area contributed by atoms with Gasteiger partial charge in [-0.1, -0.05) is 12.1 Å². The van der Waals surface area contributed by atoms with Crippen molar-refractivity contribution in [3.8, 4) is 0 Å². The van der Waals surface area contributed by atoms with Gasteiger partial charge in [0.15, 0.2) is 9.84 Å². The summed E-state index contributed by atoms with van der Waals surface area (Å²) in [5.74, 6) is 0. The number of para-hydroxylation sites is 1. The van der Waals surface area contributed by atoms with Crippen LogP contribution in [0.4, 0.5) is 5.69 Å². The van der Waals surface area contributed by atoms with Gasteiger partial charge in [-0.05, 0) is 25.5 Å². The zero-order valence-electron chi connectivity index (χ0n) is 10.4. The Morgan fingerprint density at radius 1 is 1.35 bits per heavy atom. The number of nitrogens with zero attached hydrogens (tertiary/aromatic N) is 1. The number of sulfone groups is 1. The van der Waals surface area contributed by atoms with E-state index in [0.29, 0.717) is 4.90 Å². The smallest absolute Gasteiger partial charge is 0.177 e. The maximum Gasteiger partial charge on any atom is 0.177 e. The van der Waals surface area contributed by atoms with Crippen molar-refractivity contribution in [1.82, 2.24) is 0 Å². The Labute approximate surface area is 108 Å². The second-order valence-electron chi connectivity index (χ2n) is 4.23. The fraction of sp³-hybridized carbons (Fsp3) is 0.500. The average molecular weight is 276 g/mol. The van der Waals surface area contributed by atoms with Crippen molar-refractivity contribution in [3.63, 3.8) is 0 Å². The largest absolute Gasteiger partial charge is 0.373 e. The van der Waals surface area contributed by atoms with Crippen LogP contribution in [-0.4, -0.2) is 33.6 Å². The molecule has 0 amide bonds. The van der Waals surface area contributed by atoms with Crippen LogP contribution < -0.4 is 4.90 Å². The summed E-state index contributed by atoms with van der Waals surface area (Å²) < 4.78 is 23.3. The van der Waals surface area contributed by atoms with Gasteiger partial charge >= 0.3 is 0 Å². The molecule has 0 spiro atoms. The van der Waals surface area contributed by atoms with Gasteiger partial charge in [0.1, 0.15) is 0 Å². The molecule has 0 heterocycles. The molecule has 3 nitrogen and oxygen atoms in total. The number of hydrogen-bond donors (Lipinski definition) is 0. The van der Waals surface area contributed by atoms with Crippen molar-refractivity contribution in [2.75, 3.05) is 24.7 Å². The van der Waals surface area contributed by atoms with Crippen molar-refractivity contribution in [1.29, 1.82) is 0 Å². The number of rotatable bonds is 5. The second-order valence-corrected chi connectivity index (χ2v) is 6.96. The van der Waals surface area contributed by atoms with Crippen LogP contribution in [0.2, 0.25) is 0 Å². The Morgan fingerprint density at radius 3 is 2.47 bits per heavy atom. The molecule has 0 fully saturated rings. The fourth-order valence-corrected chi connectivity index (χ4v) is 2.61. The van der Waals surface area contributed by atoms with E-state index in [-0.39, 0.29) is 5.38 Å². The molecule has 1 rings (SSSR count). The van der Waals surface area contributed by atoms with E-state index < -0.39 is 9.84 Å². The van der Waals surface area contributed by atoms with E-state index in [9.17, 15) is 8.42 Å². The molecule has 5 heteroatoms. The van der Waals surface area contributed by atoms with Crippen molar-refractivity contribution in [2.24, 2.45) is 0 Å². The van der Waals surface area contributed by atoms with Crippen molar-refractivity contribution in [2.45, 2.75) is 23.6 Å². The van der Waals surface area contributed by atoms with Crippen LogP contribution in [0.5, 0.6) is 0 Å². The van der Waals surface area contributed by atoms with E-state index in [1.165, 1.54) is 6.26 Å². The molecule has 0 aliphatic carbocycles. The summed E-state index contributed by atoms with van der Waals surface area (Å²) in [7, 11) is -1.31. The molecule has 1 unspecified atom stereocenters. The molecule has 1 aromatic rings. The third-order valence-corrected chi connectivity index (χ3v) is 3.90. The van der Waals surface area contributed by atoms with Crippen LogP contribution in [0, 0.1) is 0 Å². The van der Waals surface area contributed by atoms with Crippen molar-refractivity contribution in [3.05, 3.63) is 24.3 Å². The first-order valence-electron chi connectivity index (χ1n) is 5.46. The summed E-state index contributed by atoms with van der Waals surface area (Å²) in [6, 6.07) is 7.02. The quantitative estimate of drug-likeness (QED) is 0.775. The maximum atomic E-state index is 11.6. The Kier molecular flexibility index (Phi) is 4.83. The van der Waals surface area contributed by atoms with Gasteiger partial charge in [0.25, 0.3) is 0 Å². The molecular formula is C12H18ClNO2S. The number of halogens is 1. The summed E-state index contributed by atoms with van der Waals surface area (Å²) in [6.45, 7) is 2.66. The molecule has 0 aliphatic heterocycles. The number of benzene rings is 1. The number of hydrogen-bond acceptors (Lipinski definition) is 3. The van der Waals surface area contributed by atoms with E-state index in [4.69, 9.17) is 11.6 Å². The zero-order valence-corrected chi connectivity index (χ0v) is 11.9. The minimum atomic E-state index is -3.19. The third kappa shape index (κ3) is 4.21. The monoisotopic (exact) mass is 275 g/mol. The summed E-state index contributed by atoms with van der Waals surface area (Å²) in [6.07, 6.45) is 2.04. The minimum Gasteiger partial charge on any atom is -0.373 e. The maximum absolute atomic E-state index is 11.6. The highest BCUT2D eigenvalue weighted by Crippen LogP contribution is 2.24. The molecule has 0 aromatic heterocycles. The first-order chi connectivity index (χ1) is 7.82. The Bertz CT molecular complexity index is 471. The molecule has 0 saturated heterocycles. The Morgan fingerprint density at radius 2 is 1.94 bits per heavy atom. The lowest BCUT2D eigenvalue weighted by atomic mass is 10.2. The molecule has 0 aliphatic rings. The highest BCUT2D eigenvalue weighted by Gasteiger charge is 2.15.